The zero-order valence-electron chi connectivity index (χ0n) is 13.0. The van der Waals surface area contributed by atoms with Gasteiger partial charge in [-0.2, -0.15) is 11.8 Å². The van der Waals surface area contributed by atoms with Crippen LogP contribution >= 0.6 is 11.8 Å². The number of ether oxygens (including phenoxy) is 1. The summed E-state index contributed by atoms with van der Waals surface area (Å²) >= 11 is 1.81. The number of hydrogen-bond donors (Lipinski definition) is 3. The maximum absolute atomic E-state index is 9.87. The minimum atomic E-state index is -0.506. The predicted molar refractivity (Wildman–Crippen MR) is 89.3 cm³/mol. The molecular formula is C16H27NO3S. The Morgan fingerprint density at radius 1 is 1.29 bits per heavy atom. The second-order valence-corrected chi connectivity index (χ2v) is 6.35. The molecule has 0 fully saturated rings. The summed E-state index contributed by atoms with van der Waals surface area (Å²) in [6, 6.07) is 6.03. The molecule has 1 aromatic carbocycles. The van der Waals surface area contributed by atoms with Crippen LogP contribution in [0.1, 0.15) is 17.5 Å². The highest BCUT2D eigenvalue weighted by atomic mass is 32.2. The lowest BCUT2D eigenvalue weighted by molar-refractivity contribution is 0.106. The number of hydrogen-bond acceptors (Lipinski definition) is 5. The van der Waals surface area contributed by atoms with E-state index in [4.69, 9.17) is 9.84 Å². The average Bonchev–Trinajstić information content (AvgIpc) is 2.45. The number of aliphatic hydroxyl groups is 2. The number of benzene rings is 1. The van der Waals surface area contributed by atoms with Gasteiger partial charge in [-0.3, -0.25) is 0 Å². The minimum absolute atomic E-state index is 0.259. The van der Waals surface area contributed by atoms with Crippen LogP contribution in [0, 0.1) is 13.8 Å². The summed E-state index contributed by atoms with van der Waals surface area (Å²) in [5.41, 5.74) is 2.30. The molecule has 3 N–H and O–H groups in total. The molecule has 0 amide bonds. The van der Waals surface area contributed by atoms with Crippen LogP contribution in [0.3, 0.4) is 0 Å². The summed E-state index contributed by atoms with van der Waals surface area (Å²) in [5.74, 6) is 2.81. The second-order valence-electron chi connectivity index (χ2n) is 5.13. The van der Waals surface area contributed by atoms with Crippen molar-refractivity contribution in [3.63, 3.8) is 0 Å². The number of nitrogens with one attached hydrogen (secondary N) is 1. The van der Waals surface area contributed by atoms with Gasteiger partial charge in [-0.25, -0.2) is 0 Å². The molecule has 0 spiro atoms. The predicted octanol–water partition coefficient (Wildman–Crippen LogP) is 1.75. The van der Waals surface area contributed by atoms with Gasteiger partial charge in [0.2, 0.25) is 0 Å². The molecule has 1 rings (SSSR count). The topological polar surface area (TPSA) is 61.7 Å². The van der Waals surface area contributed by atoms with Crippen LogP contribution in [0.25, 0.3) is 0 Å². The van der Waals surface area contributed by atoms with Crippen LogP contribution in [0.2, 0.25) is 0 Å². The Bertz CT molecular complexity index is 401. The second kappa shape index (κ2) is 10.9. The van der Waals surface area contributed by atoms with Crippen LogP contribution in [0.5, 0.6) is 5.75 Å². The summed E-state index contributed by atoms with van der Waals surface area (Å²) in [6.45, 7) is 6.01. The third-order valence-corrected chi connectivity index (χ3v) is 4.08. The van der Waals surface area contributed by atoms with Crippen molar-refractivity contribution >= 4 is 11.8 Å². The fourth-order valence-corrected chi connectivity index (χ4v) is 2.71. The molecule has 0 aromatic heterocycles. The van der Waals surface area contributed by atoms with Crippen molar-refractivity contribution in [3.8, 4) is 5.75 Å². The maximum atomic E-state index is 9.87. The van der Waals surface area contributed by atoms with Gasteiger partial charge in [-0.15, -0.1) is 0 Å². The van der Waals surface area contributed by atoms with Crippen molar-refractivity contribution in [2.75, 3.05) is 37.8 Å². The number of rotatable bonds is 11. The summed E-state index contributed by atoms with van der Waals surface area (Å²) in [6.07, 6.45) is 0.338. The number of aryl methyl sites for hydroxylation is 2. The van der Waals surface area contributed by atoms with E-state index in [9.17, 15) is 5.11 Å². The maximum Gasteiger partial charge on any atom is 0.122 e. The van der Waals surface area contributed by atoms with Gasteiger partial charge in [0.05, 0.1) is 0 Å². The van der Waals surface area contributed by atoms with Crippen molar-refractivity contribution in [2.45, 2.75) is 26.4 Å². The standard InChI is InChI=1S/C16H27NO3S/c1-13-4-5-16(14(2)10-13)20-12-15(19)11-17-6-9-21-8-3-7-18/h4-5,10,15,17-19H,3,6-9,11-12H2,1-2H3. The Morgan fingerprint density at radius 2 is 2.10 bits per heavy atom. The molecule has 4 nitrogen and oxygen atoms in total. The third kappa shape index (κ3) is 8.31. The van der Waals surface area contributed by atoms with E-state index in [2.05, 4.69) is 11.4 Å². The van der Waals surface area contributed by atoms with Gasteiger partial charge in [0, 0.05) is 25.4 Å². The summed E-state index contributed by atoms with van der Waals surface area (Å²) in [7, 11) is 0. The first kappa shape index (κ1) is 18.3. The first-order valence-electron chi connectivity index (χ1n) is 7.41. The van der Waals surface area contributed by atoms with Crippen LogP contribution in [-0.2, 0) is 0 Å². The smallest absolute Gasteiger partial charge is 0.122 e. The molecule has 5 heteroatoms. The molecule has 120 valence electrons. The lowest BCUT2D eigenvalue weighted by Crippen LogP contribution is -2.32. The molecule has 0 bridgehead atoms. The van der Waals surface area contributed by atoms with Gasteiger partial charge in [-0.1, -0.05) is 17.7 Å². The number of aliphatic hydroxyl groups excluding tert-OH is 2. The molecule has 1 atom stereocenters. The quantitative estimate of drug-likeness (QED) is 0.543. The van der Waals surface area contributed by atoms with E-state index in [1.54, 1.807) is 0 Å². The molecule has 0 radical (unpaired) electrons. The van der Waals surface area contributed by atoms with E-state index in [1.807, 2.05) is 37.7 Å². The molecular weight excluding hydrogens is 286 g/mol. The molecule has 0 aliphatic carbocycles. The largest absolute Gasteiger partial charge is 0.491 e. The first-order valence-corrected chi connectivity index (χ1v) is 8.56. The zero-order valence-corrected chi connectivity index (χ0v) is 13.8. The van der Waals surface area contributed by atoms with Crippen molar-refractivity contribution in [1.29, 1.82) is 0 Å². The van der Waals surface area contributed by atoms with Crippen molar-refractivity contribution in [3.05, 3.63) is 29.3 Å². The molecule has 0 heterocycles. The normalized spacial score (nSPS) is 12.4. The van der Waals surface area contributed by atoms with Gasteiger partial charge < -0.3 is 20.3 Å². The van der Waals surface area contributed by atoms with Gasteiger partial charge in [0.1, 0.15) is 18.5 Å². The molecule has 0 saturated carbocycles. The van der Waals surface area contributed by atoms with Crippen molar-refractivity contribution < 1.29 is 14.9 Å². The van der Waals surface area contributed by atoms with Gasteiger partial charge >= 0.3 is 0 Å². The fourth-order valence-electron chi connectivity index (χ4n) is 1.89. The van der Waals surface area contributed by atoms with E-state index >= 15 is 0 Å². The van der Waals surface area contributed by atoms with Crippen LogP contribution in [0.4, 0.5) is 0 Å². The van der Waals surface area contributed by atoms with E-state index in [1.165, 1.54) is 5.56 Å². The lowest BCUT2D eigenvalue weighted by atomic mass is 10.1. The van der Waals surface area contributed by atoms with Crippen LogP contribution in [0.15, 0.2) is 18.2 Å². The molecule has 1 unspecified atom stereocenters. The Morgan fingerprint density at radius 3 is 2.81 bits per heavy atom. The Labute approximate surface area is 131 Å². The lowest BCUT2D eigenvalue weighted by Gasteiger charge is -2.14. The molecule has 0 aliphatic rings. The van der Waals surface area contributed by atoms with Gasteiger partial charge in [0.25, 0.3) is 0 Å². The molecule has 21 heavy (non-hydrogen) atoms. The summed E-state index contributed by atoms with van der Waals surface area (Å²) in [5, 5.41) is 21.7. The van der Waals surface area contributed by atoms with E-state index in [0.29, 0.717) is 13.2 Å². The average molecular weight is 313 g/mol. The monoisotopic (exact) mass is 313 g/mol. The molecule has 0 saturated heterocycles. The van der Waals surface area contributed by atoms with Crippen molar-refractivity contribution in [2.24, 2.45) is 0 Å². The SMILES string of the molecule is Cc1ccc(OCC(O)CNCCSCCCO)c(C)c1. The van der Waals surface area contributed by atoms with Crippen LogP contribution in [-0.4, -0.2) is 54.1 Å². The summed E-state index contributed by atoms with van der Waals surface area (Å²) < 4.78 is 5.64. The zero-order chi connectivity index (χ0) is 15.5. The fraction of sp³-hybridized carbons (Fsp3) is 0.625. The van der Waals surface area contributed by atoms with Crippen LogP contribution < -0.4 is 10.1 Å². The third-order valence-electron chi connectivity index (χ3n) is 3.01. The summed E-state index contributed by atoms with van der Waals surface area (Å²) in [4.78, 5) is 0. The Balaban J connectivity index is 2.09. The highest BCUT2D eigenvalue weighted by Gasteiger charge is 2.06. The molecule has 1 aromatic rings. The van der Waals surface area contributed by atoms with E-state index < -0.39 is 6.10 Å². The van der Waals surface area contributed by atoms with E-state index in [0.717, 1.165) is 35.8 Å². The molecule has 0 aliphatic heterocycles. The Kier molecular flexibility index (Phi) is 9.50. The Hall–Kier alpha value is -0.750. The highest BCUT2D eigenvalue weighted by molar-refractivity contribution is 7.99. The van der Waals surface area contributed by atoms with Gasteiger partial charge in [0.15, 0.2) is 0 Å². The van der Waals surface area contributed by atoms with Gasteiger partial charge in [-0.05, 0) is 37.7 Å². The first-order chi connectivity index (χ1) is 10.1. The number of thioether (sulfide) groups is 1. The minimum Gasteiger partial charge on any atom is -0.491 e. The van der Waals surface area contributed by atoms with Crippen molar-refractivity contribution in [1.82, 2.24) is 5.32 Å². The highest BCUT2D eigenvalue weighted by Crippen LogP contribution is 2.18. The van der Waals surface area contributed by atoms with E-state index in [-0.39, 0.29) is 6.61 Å².